The number of carbonyl (C=O) groups is 1. The van der Waals surface area contributed by atoms with Gasteiger partial charge in [0.25, 0.3) is 0 Å². The van der Waals surface area contributed by atoms with Crippen LogP contribution < -0.4 is 0 Å². The lowest BCUT2D eigenvalue weighted by atomic mass is 10.1. The Kier molecular flexibility index (Phi) is 3.99. The predicted molar refractivity (Wildman–Crippen MR) is 95.1 cm³/mol. The summed E-state index contributed by atoms with van der Waals surface area (Å²) in [5, 5.41) is 1.02. The first kappa shape index (κ1) is 15.8. The quantitative estimate of drug-likeness (QED) is 0.731. The summed E-state index contributed by atoms with van der Waals surface area (Å²) in [5.41, 5.74) is 4.70. The van der Waals surface area contributed by atoms with Crippen LogP contribution in [0.25, 0.3) is 11.0 Å². The van der Waals surface area contributed by atoms with E-state index in [1.165, 1.54) is 0 Å². The van der Waals surface area contributed by atoms with E-state index in [0.29, 0.717) is 6.42 Å². The smallest absolute Gasteiger partial charge is 0.227 e. The van der Waals surface area contributed by atoms with E-state index in [1.54, 1.807) is 18.7 Å². The molecule has 1 atom stereocenters. The van der Waals surface area contributed by atoms with E-state index in [0.717, 1.165) is 52.9 Å². The number of furan rings is 1. The standard InChI is InChI=1S/C20H21N3O2/c1-13-5-6-16-15(12-25-19(16)8-13)9-20(24)23-7-3-4-18(23)17-11-21-10-14(2)22-17/h5-6,8,10-12,18H,3-4,7,9H2,1-2H3/t18-/m1/s1. The molecule has 1 aliphatic rings. The highest BCUT2D eigenvalue weighted by Gasteiger charge is 2.31. The molecule has 1 amide bonds. The Labute approximate surface area is 146 Å². The summed E-state index contributed by atoms with van der Waals surface area (Å²) in [4.78, 5) is 23.7. The second-order valence-electron chi connectivity index (χ2n) is 6.77. The molecule has 0 saturated carbocycles. The van der Waals surface area contributed by atoms with Crippen molar-refractivity contribution in [2.75, 3.05) is 6.54 Å². The third kappa shape index (κ3) is 3.02. The van der Waals surface area contributed by atoms with E-state index < -0.39 is 0 Å². The van der Waals surface area contributed by atoms with E-state index in [2.05, 4.69) is 9.97 Å². The molecule has 0 spiro atoms. The Morgan fingerprint density at radius 2 is 2.20 bits per heavy atom. The molecule has 0 unspecified atom stereocenters. The monoisotopic (exact) mass is 335 g/mol. The van der Waals surface area contributed by atoms with Crippen molar-refractivity contribution < 1.29 is 9.21 Å². The van der Waals surface area contributed by atoms with E-state index in [4.69, 9.17) is 4.42 Å². The normalized spacial score (nSPS) is 17.4. The topological polar surface area (TPSA) is 59.2 Å². The highest BCUT2D eigenvalue weighted by molar-refractivity contribution is 5.88. The number of aromatic nitrogens is 2. The maximum Gasteiger partial charge on any atom is 0.227 e. The first-order valence-electron chi connectivity index (χ1n) is 8.66. The number of rotatable bonds is 3. The van der Waals surface area contributed by atoms with Crippen molar-refractivity contribution in [3.05, 3.63) is 59.4 Å². The van der Waals surface area contributed by atoms with Crippen LogP contribution in [-0.2, 0) is 11.2 Å². The van der Waals surface area contributed by atoms with Gasteiger partial charge in [0.15, 0.2) is 0 Å². The summed E-state index contributed by atoms with van der Waals surface area (Å²) in [6, 6.07) is 6.11. The molecule has 0 bridgehead atoms. The van der Waals surface area contributed by atoms with Gasteiger partial charge in [-0.15, -0.1) is 0 Å². The maximum atomic E-state index is 12.9. The molecule has 1 saturated heterocycles. The van der Waals surface area contributed by atoms with Crippen LogP contribution >= 0.6 is 0 Å². The fourth-order valence-corrected chi connectivity index (χ4v) is 3.61. The summed E-state index contributed by atoms with van der Waals surface area (Å²) in [5.74, 6) is 0.120. The molecular formula is C20H21N3O2. The van der Waals surface area contributed by atoms with Crippen LogP contribution in [0.1, 0.15) is 41.4 Å². The minimum atomic E-state index is 0.0281. The largest absolute Gasteiger partial charge is 0.464 e. The lowest BCUT2D eigenvalue weighted by Crippen LogP contribution is -2.32. The Hall–Kier alpha value is -2.69. The van der Waals surface area contributed by atoms with Gasteiger partial charge in [0.05, 0.1) is 36.3 Å². The van der Waals surface area contributed by atoms with Crippen molar-refractivity contribution in [3.63, 3.8) is 0 Å². The summed E-state index contributed by atoms with van der Waals surface area (Å²) < 4.78 is 5.63. The number of amides is 1. The predicted octanol–water partition coefficient (Wildman–Crippen LogP) is 3.75. The summed E-state index contributed by atoms with van der Waals surface area (Å²) in [6.07, 6.45) is 7.52. The fraction of sp³-hybridized carbons (Fsp3) is 0.350. The minimum absolute atomic E-state index is 0.0281. The Morgan fingerprint density at radius 3 is 3.04 bits per heavy atom. The first-order chi connectivity index (χ1) is 12.1. The van der Waals surface area contributed by atoms with Crippen molar-refractivity contribution in [1.29, 1.82) is 0 Å². The SMILES string of the molecule is Cc1ccc2c(CC(=O)N3CCC[C@@H]3c3cncc(C)n3)coc2c1. The van der Waals surface area contributed by atoms with Crippen molar-refractivity contribution >= 4 is 16.9 Å². The van der Waals surface area contributed by atoms with Crippen LogP contribution in [-0.4, -0.2) is 27.3 Å². The van der Waals surface area contributed by atoms with Crippen molar-refractivity contribution in [2.45, 2.75) is 39.2 Å². The summed E-state index contributed by atoms with van der Waals surface area (Å²) in [6.45, 7) is 4.73. The third-order valence-electron chi connectivity index (χ3n) is 4.84. The molecule has 5 nitrogen and oxygen atoms in total. The van der Waals surface area contributed by atoms with E-state index >= 15 is 0 Å². The number of aryl methyl sites for hydroxylation is 2. The van der Waals surface area contributed by atoms with Gasteiger partial charge < -0.3 is 9.32 Å². The van der Waals surface area contributed by atoms with Crippen LogP contribution in [0.2, 0.25) is 0 Å². The number of nitrogens with zero attached hydrogens (tertiary/aromatic N) is 3. The van der Waals surface area contributed by atoms with Gasteiger partial charge in [-0.25, -0.2) is 0 Å². The first-order valence-corrected chi connectivity index (χ1v) is 8.66. The van der Waals surface area contributed by atoms with E-state index in [1.807, 2.05) is 36.9 Å². The second kappa shape index (κ2) is 6.31. The molecule has 3 aromatic rings. The van der Waals surface area contributed by atoms with Gasteiger partial charge in [0.2, 0.25) is 5.91 Å². The molecule has 1 fully saturated rings. The molecule has 3 heterocycles. The van der Waals surface area contributed by atoms with Crippen molar-refractivity contribution in [2.24, 2.45) is 0 Å². The van der Waals surface area contributed by atoms with Gasteiger partial charge in [0.1, 0.15) is 5.58 Å². The van der Waals surface area contributed by atoms with Crippen molar-refractivity contribution in [3.8, 4) is 0 Å². The molecule has 5 heteroatoms. The lowest BCUT2D eigenvalue weighted by molar-refractivity contribution is -0.131. The van der Waals surface area contributed by atoms with Crippen LogP contribution in [0, 0.1) is 13.8 Å². The number of fused-ring (bicyclic) bond motifs is 1. The Bertz CT molecular complexity index is 932. The number of hydrogen-bond acceptors (Lipinski definition) is 4. The Morgan fingerprint density at radius 1 is 1.32 bits per heavy atom. The number of likely N-dealkylation sites (tertiary alicyclic amines) is 1. The average Bonchev–Trinajstić information content (AvgIpc) is 3.22. The summed E-state index contributed by atoms with van der Waals surface area (Å²) >= 11 is 0. The Balaban J connectivity index is 1.57. The highest BCUT2D eigenvalue weighted by atomic mass is 16.3. The zero-order chi connectivity index (χ0) is 17.4. The zero-order valence-electron chi connectivity index (χ0n) is 14.5. The van der Waals surface area contributed by atoms with E-state index in [9.17, 15) is 4.79 Å². The molecule has 25 heavy (non-hydrogen) atoms. The maximum absolute atomic E-state index is 12.9. The minimum Gasteiger partial charge on any atom is -0.464 e. The number of carbonyl (C=O) groups excluding carboxylic acids is 1. The van der Waals surface area contributed by atoms with E-state index in [-0.39, 0.29) is 11.9 Å². The fourth-order valence-electron chi connectivity index (χ4n) is 3.61. The van der Waals surface area contributed by atoms with Crippen LogP contribution in [0.5, 0.6) is 0 Å². The molecule has 0 N–H and O–H groups in total. The molecule has 2 aromatic heterocycles. The van der Waals surface area contributed by atoms with Gasteiger partial charge in [-0.3, -0.25) is 14.8 Å². The van der Waals surface area contributed by atoms with Gasteiger partial charge in [-0.05, 0) is 38.3 Å². The van der Waals surface area contributed by atoms with Crippen LogP contribution in [0.3, 0.4) is 0 Å². The van der Waals surface area contributed by atoms with Gasteiger partial charge in [0, 0.05) is 23.7 Å². The number of hydrogen-bond donors (Lipinski definition) is 0. The molecular weight excluding hydrogens is 314 g/mol. The molecule has 0 radical (unpaired) electrons. The lowest BCUT2D eigenvalue weighted by Gasteiger charge is -2.24. The zero-order valence-corrected chi connectivity index (χ0v) is 14.5. The summed E-state index contributed by atoms with van der Waals surface area (Å²) in [7, 11) is 0. The van der Waals surface area contributed by atoms with Gasteiger partial charge >= 0.3 is 0 Å². The second-order valence-corrected chi connectivity index (χ2v) is 6.77. The number of benzene rings is 1. The van der Waals surface area contributed by atoms with Gasteiger partial charge in [-0.2, -0.15) is 0 Å². The highest BCUT2D eigenvalue weighted by Crippen LogP contribution is 2.32. The third-order valence-corrected chi connectivity index (χ3v) is 4.84. The van der Waals surface area contributed by atoms with Crippen LogP contribution in [0.4, 0.5) is 0 Å². The molecule has 128 valence electrons. The molecule has 1 aromatic carbocycles. The molecule has 0 aliphatic carbocycles. The molecule has 4 rings (SSSR count). The van der Waals surface area contributed by atoms with Crippen molar-refractivity contribution in [1.82, 2.24) is 14.9 Å². The average molecular weight is 335 g/mol. The van der Waals surface area contributed by atoms with Crippen LogP contribution in [0.15, 0.2) is 41.3 Å². The molecule has 1 aliphatic heterocycles. The van der Waals surface area contributed by atoms with Gasteiger partial charge in [-0.1, -0.05) is 12.1 Å².